The van der Waals surface area contributed by atoms with Crippen LogP contribution in [0.4, 0.5) is 0 Å². The third-order valence-electron chi connectivity index (χ3n) is 9.99. The standard InChI is InChI=1S/C42H44N4O2.Pt/c1-7-28-14-13-15-29(8-2)41(28)42-36(9-3)44-46(37(42)10-4)30-22-27(5)23-33(24-30)48-32-18-19-35-34-16-11-12-17-38(34)45(39(35)25-32)40-26-31(47-6)20-21-43-40;/h11-12,14,16-23,26,29,41H,7-10,13,15H2,1-6H3;/q-2;+2/t29-,41?;/m0./s1. The number of fused-ring (bicyclic) bond motifs is 3. The molecule has 0 N–H and O–H groups in total. The molecule has 7 rings (SSSR count). The Morgan fingerprint density at radius 2 is 1.73 bits per heavy atom. The van der Waals surface area contributed by atoms with Crippen LogP contribution in [0.3, 0.4) is 0 Å². The molecule has 0 fully saturated rings. The Hall–Kier alpha value is -4.15. The van der Waals surface area contributed by atoms with Gasteiger partial charge >= 0.3 is 21.1 Å². The van der Waals surface area contributed by atoms with E-state index < -0.39 is 0 Å². The third-order valence-corrected chi connectivity index (χ3v) is 9.99. The first-order chi connectivity index (χ1) is 23.5. The van der Waals surface area contributed by atoms with Gasteiger partial charge in [0.25, 0.3) is 0 Å². The third kappa shape index (κ3) is 6.36. The van der Waals surface area contributed by atoms with Crippen molar-refractivity contribution in [2.24, 2.45) is 5.92 Å². The number of para-hydroxylation sites is 1. The van der Waals surface area contributed by atoms with E-state index >= 15 is 0 Å². The van der Waals surface area contributed by atoms with Crippen LogP contribution < -0.4 is 9.47 Å². The van der Waals surface area contributed by atoms with Crippen LogP contribution >= 0.6 is 0 Å². The average Bonchev–Trinajstić information content (AvgIpc) is 3.66. The molecule has 0 spiro atoms. The van der Waals surface area contributed by atoms with Gasteiger partial charge < -0.3 is 14.0 Å². The Kier molecular flexibility index (Phi) is 10.5. The first kappa shape index (κ1) is 34.7. The van der Waals surface area contributed by atoms with E-state index in [1.807, 2.05) is 30.3 Å². The summed E-state index contributed by atoms with van der Waals surface area (Å²) >= 11 is 0. The Bertz CT molecular complexity index is 2140. The minimum absolute atomic E-state index is 0. The number of rotatable bonds is 10. The summed E-state index contributed by atoms with van der Waals surface area (Å²) in [5, 5.41) is 7.47. The summed E-state index contributed by atoms with van der Waals surface area (Å²) in [6.07, 6.45) is 10.8. The Morgan fingerprint density at radius 1 is 0.898 bits per heavy atom. The second-order valence-electron chi connectivity index (χ2n) is 12.8. The molecule has 49 heavy (non-hydrogen) atoms. The van der Waals surface area contributed by atoms with Crippen LogP contribution in [-0.4, -0.2) is 26.4 Å². The molecular weight excluding hydrogens is 788 g/mol. The molecule has 0 bridgehead atoms. The zero-order chi connectivity index (χ0) is 33.4. The molecule has 0 saturated heterocycles. The monoisotopic (exact) mass is 831 g/mol. The van der Waals surface area contributed by atoms with Crippen LogP contribution in [0.5, 0.6) is 17.2 Å². The van der Waals surface area contributed by atoms with Crippen LogP contribution in [-0.2, 0) is 33.9 Å². The maximum Gasteiger partial charge on any atom is 2.00 e. The molecule has 0 amide bonds. The van der Waals surface area contributed by atoms with Gasteiger partial charge in [-0.05, 0) is 61.2 Å². The van der Waals surface area contributed by atoms with E-state index in [0.717, 1.165) is 63.9 Å². The summed E-state index contributed by atoms with van der Waals surface area (Å²) in [6, 6.07) is 27.6. The van der Waals surface area contributed by atoms with E-state index in [0.29, 0.717) is 23.3 Å². The maximum atomic E-state index is 6.56. The number of aryl methyl sites for hydroxylation is 2. The second-order valence-corrected chi connectivity index (χ2v) is 12.8. The molecule has 0 radical (unpaired) electrons. The number of nitrogens with zero attached hydrogens (tertiary/aromatic N) is 4. The van der Waals surface area contributed by atoms with Gasteiger partial charge in [0.05, 0.1) is 12.8 Å². The Balaban J connectivity index is 0.00000417. The number of allylic oxidation sites excluding steroid dienone is 2. The predicted octanol–water partition coefficient (Wildman–Crippen LogP) is 10.4. The van der Waals surface area contributed by atoms with Crippen LogP contribution in [0.2, 0.25) is 0 Å². The predicted molar refractivity (Wildman–Crippen MR) is 194 cm³/mol. The smallest absolute Gasteiger partial charge is 0.509 e. The summed E-state index contributed by atoms with van der Waals surface area (Å²) in [7, 11) is 1.67. The van der Waals surface area contributed by atoms with Crippen molar-refractivity contribution < 1.29 is 30.5 Å². The molecule has 6 nitrogen and oxygen atoms in total. The topological polar surface area (TPSA) is 54.1 Å². The molecule has 2 atom stereocenters. The van der Waals surface area contributed by atoms with Gasteiger partial charge in [-0.2, -0.15) is 16.7 Å². The van der Waals surface area contributed by atoms with E-state index in [9.17, 15) is 0 Å². The fraction of sp³-hybridized carbons (Fsp3) is 0.333. The van der Waals surface area contributed by atoms with E-state index in [4.69, 9.17) is 14.6 Å². The Labute approximate surface area is 304 Å². The van der Waals surface area contributed by atoms with Gasteiger partial charge in [0.1, 0.15) is 11.6 Å². The summed E-state index contributed by atoms with van der Waals surface area (Å²) in [6.45, 7) is 11.2. The largest absolute Gasteiger partial charge is 2.00 e. The molecule has 1 aliphatic carbocycles. The number of hydrogen-bond donors (Lipinski definition) is 0. The van der Waals surface area contributed by atoms with Crippen molar-refractivity contribution in [1.82, 2.24) is 19.3 Å². The minimum Gasteiger partial charge on any atom is -0.509 e. The molecule has 3 aromatic carbocycles. The quantitative estimate of drug-likeness (QED) is 0.102. The summed E-state index contributed by atoms with van der Waals surface area (Å²) < 4.78 is 16.3. The van der Waals surface area contributed by atoms with E-state index in [-0.39, 0.29) is 21.1 Å². The number of methoxy groups -OCH3 is 1. The van der Waals surface area contributed by atoms with E-state index in [2.05, 4.69) is 97.4 Å². The molecule has 7 heteroatoms. The van der Waals surface area contributed by atoms with Gasteiger partial charge in [-0.1, -0.05) is 76.4 Å². The molecular formula is C42H44N4O2Pt. The second kappa shape index (κ2) is 14.8. The van der Waals surface area contributed by atoms with Crippen molar-refractivity contribution in [3.8, 4) is 28.8 Å². The molecule has 3 heterocycles. The molecule has 1 unspecified atom stereocenters. The van der Waals surface area contributed by atoms with E-state index in [1.54, 1.807) is 18.9 Å². The van der Waals surface area contributed by atoms with Crippen molar-refractivity contribution >= 4 is 21.8 Å². The molecule has 1 aliphatic rings. The zero-order valence-corrected chi connectivity index (χ0v) is 31.5. The van der Waals surface area contributed by atoms with Crippen molar-refractivity contribution in [3.05, 3.63) is 113 Å². The number of ether oxygens (including phenoxy) is 2. The zero-order valence-electron chi connectivity index (χ0n) is 29.2. The van der Waals surface area contributed by atoms with Crippen molar-refractivity contribution in [1.29, 1.82) is 0 Å². The van der Waals surface area contributed by atoms with Crippen LogP contribution in [0.25, 0.3) is 33.3 Å². The van der Waals surface area contributed by atoms with Gasteiger partial charge in [0.2, 0.25) is 0 Å². The average molecular weight is 832 g/mol. The fourth-order valence-electron chi connectivity index (χ4n) is 7.75. The molecule has 254 valence electrons. The fourth-order valence-corrected chi connectivity index (χ4v) is 7.75. The molecule has 3 aromatic heterocycles. The number of hydrogen-bond acceptors (Lipinski definition) is 4. The molecule has 0 aliphatic heterocycles. The van der Waals surface area contributed by atoms with Gasteiger partial charge in [-0.15, -0.1) is 35.7 Å². The normalized spacial score (nSPS) is 16.1. The first-order valence-electron chi connectivity index (χ1n) is 17.4. The van der Waals surface area contributed by atoms with Crippen molar-refractivity contribution in [2.45, 2.75) is 79.1 Å². The van der Waals surface area contributed by atoms with E-state index in [1.165, 1.54) is 36.2 Å². The number of aromatic nitrogens is 4. The minimum atomic E-state index is 0. The summed E-state index contributed by atoms with van der Waals surface area (Å²) in [5.74, 6) is 3.83. The van der Waals surface area contributed by atoms with Gasteiger partial charge in [0.15, 0.2) is 0 Å². The van der Waals surface area contributed by atoms with Crippen LogP contribution in [0.1, 0.15) is 81.8 Å². The summed E-state index contributed by atoms with van der Waals surface area (Å²) in [4.78, 5) is 4.69. The van der Waals surface area contributed by atoms with Gasteiger partial charge in [-0.25, -0.2) is 4.98 Å². The summed E-state index contributed by atoms with van der Waals surface area (Å²) in [5.41, 5.74) is 9.42. The van der Waals surface area contributed by atoms with Gasteiger partial charge in [0, 0.05) is 46.5 Å². The van der Waals surface area contributed by atoms with Crippen molar-refractivity contribution in [3.63, 3.8) is 0 Å². The number of benzene rings is 3. The molecule has 6 aromatic rings. The van der Waals surface area contributed by atoms with Crippen molar-refractivity contribution in [2.75, 3.05) is 7.11 Å². The van der Waals surface area contributed by atoms with Gasteiger partial charge in [-0.3, -0.25) is 4.68 Å². The van der Waals surface area contributed by atoms with Crippen LogP contribution in [0, 0.1) is 25.0 Å². The van der Waals surface area contributed by atoms with Crippen LogP contribution in [0.15, 0.2) is 78.5 Å². The first-order valence-corrected chi connectivity index (χ1v) is 17.4. The Morgan fingerprint density at radius 3 is 2.49 bits per heavy atom. The maximum absolute atomic E-state index is 6.56. The number of pyridine rings is 1. The molecule has 0 saturated carbocycles. The SMILES string of the molecule is CCC1=CCC[C@H](CC)C1c1c(CC)nn(-c2[c-]c(Oc3[c-]c4c(cc3)c3ccccc3n4-c3cc(OC)ccn3)cc(C)c2)c1CC.[Pt+2].